The van der Waals surface area contributed by atoms with Gasteiger partial charge in [0, 0.05) is 11.4 Å². The van der Waals surface area contributed by atoms with Gasteiger partial charge in [-0.3, -0.25) is 14.5 Å². The predicted molar refractivity (Wildman–Crippen MR) is 99.4 cm³/mol. The van der Waals surface area contributed by atoms with Crippen molar-refractivity contribution in [1.29, 1.82) is 0 Å². The van der Waals surface area contributed by atoms with Crippen LogP contribution in [-0.2, 0) is 9.59 Å². The van der Waals surface area contributed by atoms with E-state index >= 15 is 0 Å². The number of hydrogen-bond donors (Lipinski definition) is 3. The molecule has 4 N–H and O–H groups in total. The lowest BCUT2D eigenvalue weighted by Crippen LogP contribution is -2.49. The summed E-state index contributed by atoms with van der Waals surface area (Å²) in [4.78, 5) is 38.5. The van der Waals surface area contributed by atoms with Gasteiger partial charge in [-0.25, -0.2) is 4.79 Å². The van der Waals surface area contributed by atoms with Crippen LogP contribution in [0.1, 0.15) is 44.6 Å². The smallest absolute Gasteiger partial charge is 0.325 e. The molecule has 1 heterocycles. The third-order valence-corrected chi connectivity index (χ3v) is 5.62. The van der Waals surface area contributed by atoms with E-state index in [4.69, 9.17) is 5.73 Å². The Kier molecular flexibility index (Phi) is 4.89. The molecule has 0 radical (unpaired) electrons. The van der Waals surface area contributed by atoms with Crippen molar-refractivity contribution in [2.45, 2.75) is 51.5 Å². The number of carbonyl (C=O) groups excluding carboxylic acids is 3. The van der Waals surface area contributed by atoms with Gasteiger partial charge in [0.2, 0.25) is 5.91 Å². The summed E-state index contributed by atoms with van der Waals surface area (Å²) in [5, 5.41) is 5.57. The average Bonchev–Trinajstić information content (AvgIpc) is 2.83. The normalized spacial score (nSPS) is 25.5. The molecule has 0 bridgehead atoms. The predicted octanol–water partition coefficient (Wildman–Crippen LogP) is 2.41. The summed E-state index contributed by atoms with van der Waals surface area (Å²) in [6, 6.07) is 4.73. The molecule has 26 heavy (non-hydrogen) atoms. The van der Waals surface area contributed by atoms with Crippen molar-refractivity contribution in [2.75, 3.05) is 17.6 Å². The first-order valence-electron chi connectivity index (χ1n) is 9.15. The second-order valence-electron chi connectivity index (χ2n) is 7.38. The number of nitrogens with zero attached hydrogens (tertiary/aromatic N) is 1. The van der Waals surface area contributed by atoms with E-state index in [2.05, 4.69) is 17.6 Å². The Morgan fingerprint density at radius 3 is 2.69 bits per heavy atom. The lowest BCUT2D eigenvalue weighted by Gasteiger charge is -2.34. The fourth-order valence-corrected chi connectivity index (χ4v) is 3.84. The SMILES string of the molecule is CCC1CCC2(CC1)NC(=O)N(CC(=O)Nc1cc(N)ccc1C)C2=O. The van der Waals surface area contributed by atoms with Crippen LogP contribution in [0.25, 0.3) is 0 Å². The van der Waals surface area contributed by atoms with Crippen molar-refractivity contribution in [3.05, 3.63) is 23.8 Å². The minimum Gasteiger partial charge on any atom is -0.399 e. The zero-order chi connectivity index (χ0) is 18.9. The molecule has 1 aliphatic carbocycles. The molecule has 1 aromatic carbocycles. The highest BCUT2D eigenvalue weighted by Crippen LogP contribution is 2.37. The molecular weight excluding hydrogens is 332 g/mol. The van der Waals surface area contributed by atoms with E-state index in [0.29, 0.717) is 30.1 Å². The Morgan fingerprint density at radius 2 is 2.04 bits per heavy atom. The summed E-state index contributed by atoms with van der Waals surface area (Å²) in [6.07, 6.45) is 4.21. The topological polar surface area (TPSA) is 105 Å². The first-order chi connectivity index (χ1) is 12.3. The van der Waals surface area contributed by atoms with Gasteiger partial charge in [-0.2, -0.15) is 0 Å². The fraction of sp³-hybridized carbons (Fsp3) is 0.526. The number of nitrogens with two attached hydrogens (primary N) is 1. The van der Waals surface area contributed by atoms with Gasteiger partial charge in [0.15, 0.2) is 0 Å². The molecule has 4 amide bonds. The standard InChI is InChI=1S/C19H26N4O3/c1-3-13-6-8-19(9-7-13)17(25)23(18(26)22-19)11-16(24)21-15-10-14(20)5-4-12(15)2/h4-5,10,13H,3,6-9,11,20H2,1-2H3,(H,21,24)(H,22,26). The highest BCUT2D eigenvalue weighted by molar-refractivity contribution is 6.10. The largest absolute Gasteiger partial charge is 0.399 e. The zero-order valence-corrected chi connectivity index (χ0v) is 15.3. The Labute approximate surface area is 153 Å². The highest BCUT2D eigenvalue weighted by Gasteiger charge is 2.52. The van der Waals surface area contributed by atoms with Gasteiger partial charge >= 0.3 is 6.03 Å². The van der Waals surface area contributed by atoms with Crippen LogP contribution < -0.4 is 16.4 Å². The first kappa shape index (κ1) is 18.2. The highest BCUT2D eigenvalue weighted by atomic mass is 16.2. The molecule has 3 rings (SSSR count). The summed E-state index contributed by atoms with van der Waals surface area (Å²) >= 11 is 0. The summed E-state index contributed by atoms with van der Waals surface area (Å²) in [5.74, 6) is -0.0906. The van der Waals surface area contributed by atoms with Gasteiger partial charge in [-0.15, -0.1) is 0 Å². The van der Waals surface area contributed by atoms with Crippen LogP contribution >= 0.6 is 0 Å². The molecule has 7 heteroatoms. The minimum absolute atomic E-state index is 0.281. The third-order valence-electron chi connectivity index (χ3n) is 5.62. The maximum atomic E-state index is 12.8. The van der Waals surface area contributed by atoms with Crippen LogP contribution in [0.4, 0.5) is 16.2 Å². The Balaban J connectivity index is 1.66. The van der Waals surface area contributed by atoms with Crippen LogP contribution in [0.2, 0.25) is 0 Å². The molecule has 1 saturated heterocycles. The van der Waals surface area contributed by atoms with E-state index in [-0.39, 0.29) is 12.5 Å². The summed E-state index contributed by atoms with van der Waals surface area (Å²) in [6.45, 7) is 3.70. The summed E-state index contributed by atoms with van der Waals surface area (Å²) < 4.78 is 0. The number of nitrogens with one attached hydrogen (secondary N) is 2. The second kappa shape index (κ2) is 6.97. The Hall–Kier alpha value is -2.57. The van der Waals surface area contributed by atoms with Crippen molar-refractivity contribution >= 4 is 29.2 Å². The lowest BCUT2D eigenvalue weighted by molar-refractivity contribution is -0.135. The summed E-state index contributed by atoms with van der Waals surface area (Å²) in [5.41, 5.74) is 6.90. The molecule has 140 valence electrons. The number of rotatable bonds is 4. The van der Waals surface area contributed by atoms with Crippen LogP contribution in [-0.4, -0.2) is 34.8 Å². The summed E-state index contributed by atoms with van der Waals surface area (Å²) in [7, 11) is 0. The molecule has 0 unspecified atom stereocenters. The van der Waals surface area contributed by atoms with Crippen molar-refractivity contribution < 1.29 is 14.4 Å². The minimum atomic E-state index is -0.823. The quantitative estimate of drug-likeness (QED) is 0.568. The number of imide groups is 1. The zero-order valence-electron chi connectivity index (χ0n) is 15.3. The van der Waals surface area contributed by atoms with Crippen LogP contribution in [0.15, 0.2) is 18.2 Å². The van der Waals surface area contributed by atoms with Gasteiger partial charge in [-0.05, 0) is 56.2 Å². The lowest BCUT2D eigenvalue weighted by atomic mass is 9.75. The monoisotopic (exact) mass is 358 g/mol. The molecule has 0 atom stereocenters. The number of nitrogen functional groups attached to an aromatic ring is 1. The van der Waals surface area contributed by atoms with E-state index < -0.39 is 17.5 Å². The van der Waals surface area contributed by atoms with Crippen LogP contribution in [0.3, 0.4) is 0 Å². The molecule has 1 aromatic rings. The Morgan fingerprint density at radius 1 is 1.35 bits per heavy atom. The second-order valence-corrected chi connectivity index (χ2v) is 7.38. The molecule has 2 aliphatic rings. The molecule has 1 saturated carbocycles. The maximum absolute atomic E-state index is 12.8. The molecular formula is C19H26N4O3. The van der Waals surface area contributed by atoms with Crippen LogP contribution in [0.5, 0.6) is 0 Å². The van der Waals surface area contributed by atoms with Gasteiger partial charge in [0.1, 0.15) is 12.1 Å². The molecule has 7 nitrogen and oxygen atoms in total. The number of aryl methyl sites for hydroxylation is 1. The van der Waals surface area contributed by atoms with Crippen molar-refractivity contribution in [3.63, 3.8) is 0 Å². The van der Waals surface area contributed by atoms with Crippen LogP contribution in [0, 0.1) is 12.8 Å². The van der Waals surface area contributed by atoms with E-state index in [1.165, 1.54) is 0 Å². The molecule has 1 aliphatic heterocycles. The van der Waals surface area contributed by atoms with Gasteiger partial charge < -0.3 is 16.4 Å². The number of carbonyl (C=O) groups is 3. The third kappa shape index (κ3) is 3.38. The van der Waals surface area contributed by atoms with Crippen molar-refractivity contribution in [2.24, 2.45) is 5.92 Å². The van der Waals surface area contributed by atoms with E-state index in [1.807, 2.05) is 6.92 Å². The number of urea groups is 1. The van der Waals surface area contributed by atoms with Crippen molar-refractivity contribution in [1.82, 2.24) is 10.2 Å². The first-order valence-corrected chi connectivity index (χ1v) is 9.15. The average molecular weight is 358 g/mol. The number of hydrogen-bond acceptors (Lipinski definition) is 4. The number of anilines is 2. The molecule has 0 aromatic heterocycles. The Bertz CT molecular complexity index is 738. The van der Waals surface area contributed by atoms with Crippen molar-refractivity contribution in [3.8, 4) is 0 Å². The fourth-order valence-electron chi connectivity index (χ4n) is 3.84. The van der Waals surface area contributed by atoms with Gasteiger partial charge in [0.05, 0.1) is 0 Å². The van der Waals surface area contributed by atoms with Gasteiger partial charge in [-0.1, -0.05) is 19.4 Å². The molecule has 1 spiro atoms. The van der Waals surface area contributed by atoms with E-state index in [0.717, 1.165) is 29.7 Å². The number of benzene rings is 1. The number of amides is 4. The molecule has 2 fully saturated rings. The van der Waals surface area contributed by atoms with Gasteiger partial charge in [0.25, 0.3) is 5.91 Å². The van der Waals surface area contributed by atoms with E-state index in [9.17, 15) is 14.4 Å². The maximum Gasteiger partial charge on any atom is 0.325 e. The van der Waals surface area contributed by atoms with E-state index in [1.54, 1.807) is 18.2 Å².